The number of rotatable bonds is 6. The second-order valence-corrected chi connectivity index (χ2v) is 3.45. The van der Waals surface area contributed by atoms with Gasteiger partial charge in [-0.1, -0.05) is 30.3 Å². The molecule has 0 spiro atoms. The normalized spacial score (nSPS) is 9.61. The maximum Gasteiger partial charge on any atom is 0.407 e. The molecule has 1 aromatic rings. The number of ether oxygens (including phenoxy) is 2. The number of benzene rings is 1. The van der Waals surface area contributed by atoms with Gasteiger partial charge in [-0.25, -0.2) is 4.79 Å². The van der Waals surface area contributed by atoms with Crippen molar-refractivity contribution in [3.63, 3.8) is 0 Å². The molecule has 2 N–H and O–H groups in total. The Balaban J connectivity index is 2.16. The lowest BCUT2D eigenvalue weighted by Crippen LogP contribution is -2.37. The van der Waals surface area contributed by atoms with E-state index in [-0.39, 0.29) is 25.8 Å². The van der Waals surface area contributed by atoms with Crippen LogP contribution in [0.25, 0.3) is 0 Å². The molecule has 2 amide bonds. The summed E-state index contributed by atoms with van der Waals surface area (Å²) in [5, 5.41) is 4.76. The third kappa shape index (κ3) is 5.86. The molecule has 0 fully saturated rings. The van der Waals surface area contributed by atoms with Crippen LogP contribution in [0.4, 0.5) is 4.79 Å². The Morgan fingerprint density at radius 1 is 1.17 bits per heavy atom. The van der Waals surface area contributed by atoms with Gasteiger partial charge in [0.05, 0.1) is 0 Å². The van der Waals surface area contributed by atoms with Gasteiger partial charge in [0.25, 0.3) is 0 Å². The quantitative estimate of drug-likeness (QED) is 0.728. The maximum absolute atomic E-state index is 11.3. The van der Waals surface area contributed by atoms with Crippen molar-refractivity contribution in [2.24, 2.45) is 0 Å². The van der Waals surface area contributed by atoms with Gasteiger partial charge in [-0.15, -0.1) is 0 Å². The van der Waals surface area contributed by atoms with E-state index in [1.807, 2.05) is 30.3 Å². The fraction of sp³-hybridized carbons (Fsp3) is 0.333. The topological polar surface area (TPSA) is 76.7 Å². The molecule has 98 valence electrons. The minimum absolute atomic E-state index is 0.111. The lowest BCUT2D eigenvalue weighted by atomic mass is 10.2. The zero-order valence-electron chi connectivity index (χ0n) is 10.1. The molecule has 0 heterocycles. The Bertz CT molecular complexity index is 381. The Morgan fingerprint density at radius 3 is 2.56 bits per heavy atom. The highest BCUT2D eigenvalue weighted by atomic mass is 16.5. The molecule has 0 aromatic heterocycles. The summed E-state index contributed by atoms with van der Waals surface area (Å²) in [6.45, 7) is 0.142. The van der Waals surface area contributed by atoms with Crippen LogP contribution in [0.15, 0.2) is 30.3 Å². The van der Waals surface area contributed by atoms with Crippen molar-refractivity contribution in [3.8, 4) is 0 Å². The highest BCUT2D eigenvalue weighted by Crippen LogP contribution is 2.00. The molecule has 0 aliphatic carbocycles. The smallest absolute Gasteiger partial charge is 0.407 e. The summed E-state index contributed by atoms with van der Waals surface area (Å²) in [5.74, 6) is -0.339. The molecular weight excluding hydrogens is 236 g/mol. The average molecular weight is 252 g/mol. The lowest BCUT2D eigenvalue weighted by molar-refractivity contribution is -0.121. The molecule has 6 nitrogen and oxygen atoms in total. The number of carbonyl (C=O) groups excluding carboxylic acids is 2. The number of carbonyl (C=O) groups is 2. The van der Waals surface area contributed by atoms with Crippen molar-refractivity contribution in [1.82, 2.24) is 10.6 Å². The SMILES string of the molecule is COCNC(=O)CNC(=O)OCc1ccccc1. The molecular formula is C12H16N2O4. The van der Waals surface area contributed by atoms with Crippen LogP contribution in [0.5, 0.6) is 0 Å². The highest BCUT2D eigenvalue weighted by molar-refractivity contribution is 5.81. The molecule has 6 heteroatoms. The van der Waals surface area contributed by atoms with Crippen molar-refractivity contribution in [2.45, 2.75) is 6.61 Å². The molecule has 0 radical (unpaired) electrons. The molecule has 1 aromatic carbocycles. The van der Waals surface area contributed by atoms with E-state index in [1.54, 1.807) is 0 Å². The van der Waals surface area contributed by atoms with Crippen LogP contribution < -0.4 is 10.6 Å². The zero-order valence-corrected chi connectivity index (χ0v) is 10.1. The van der Waals surface area contributed by atoms with Gasteiger partial charge >= 0.3 is 6.09 Å². The van der Waals surface area contributed by atoms with E-state index in [0.29, 0.717) is 0 Å². The Hall–Kier alpha value is -2.08. The van der Waals surface area contributed by atoms with Gasteiger partial charge in [0.2, 0.25) is 5.91 Å². The van der Waals surface area contributed by atoms with Gasteiger partial charge in [-0.05, 0) is 5.56 Å². The largest absolute Gasteiger partial charge is 0.445 e. The van der Waals surface area contributed by atoms with Crippen LogP contribution in [-0.2, 0) is 20.9 Å². The molecule has 1 rings (SSSR count). The van der Waals surface area contributed by atoms with Crippen LogP contribution in [0.2, 0.25) is 0 Å². The standard InChI is InChI=1S/C12H16N2O4/c1-17-9-14-11(15)7-13-12(16)18-8-10-5-3-2-4-6-10/h2-6H,7-9H2,1H3,(H,13,16)(H,14,15). The molecule has 0 aliphatic rings. The Morgan fingerprint density at radius 2 is 1.89 bits per heavy atom. The molecule has 0 saturated heterocycles. The number of amides is 2. The van der Waals surface area contributed by atoms with Gasteiger partial charge in [0.15, 0.2) is 0 Å². The second-order valence-electron chi connectivity index (χ2n) is 3.45. The summed E-state index contributed by atoms with van der Waals surface area (Å²) in [6.07, 6.45) is -0.633. The van der Waals surface area contributed by atoms with E-state index in [9.17, 15) is 9.59 Å². The van der Waals surface area contributed by atoms with E-state index in [1.165, 1.54) is 7.11 Å². The first kappa shape index (κ1) is 14.0. The summed E-state index contributed by atoms with van der Waals surface area (Å²) in [6, 6.07) is 9.28. The average Bonchev–Trinajstić information content (AvgIpc) is 2.41. The number of alkyl carbamates (subject to hydrolysis) is 1. The Labute approximate surface area is 105 Å². The predicted octanol–water partition coefficient (Wildman–Crippen LogP) is 0.633. The summed E-state index contributed by atoms with van der Waals surface area (Å²) in [4.78, 5) is 22.4. The summed E-state index contributed by atoms with van der Waals surface area (Å²) in [7, 11) is 1.46. The second kappa shape index (κ2) is 8.08. The highest BCUT2D eigenvalue weighted by Gasteiger charge is 2.05. The minimum Gasteiger partial charge on any atom is -0.445 e. The summed E-state index contributed by atoms with van der Waals surface area (Å²) >= 11 is 0. The van der Waals surface area contributed by atoms with Crippen molar-refractivity contribution < 1.29 is 19.1 Å². The van der Waals surface area contributed by atoms with E-state index in [4.69, 9.17) is 4.74 Å². The van der Waals surface area contributed by atoms with Crippen molar-refractivity contribution >= 4 is 12.0 Å². The number of methoxy groups -OCH3 is 1. The zero-order chi connectivity index (χ0) is 13.2. The fourth-order valence-electron chi connectivity index (χ4n) is 1.14. The van der Waals surface area contributed by atoms with E-state index in [0.717, 1.165) is 5.56 Å². The molecule has 0 unspecified atom stereocenters. The lowest BCUT2D eigenvalue weighted by Gasteiger charge is -2.07. The van der Waals surface area contributed by atoms with Crippen molar-refractivity contribution in [3.05, 3.63) is 35.9 Å². The summed E-state index contributed by atoms with van der Waals surface area (Å²) in [5.41, 5.74) is 0.886. The van der Waals surface area contributed by atoms with E-state index in [2.05, 4.69) is 15.4 Å². The van der Waals surface area contributed by atoms with Gasteiger partial charge in [0, 0.05) is 7.11 Å². The van der Waals surface area contributed by atoms with E-state index >= 15 is 0 Å². The van der Waals surface area contributed by atoms with Gasteiger partial charge < -0.3 is 20.1 Å². The van der Waals surface area contributed by atoms with Crippen molar-refractivity contribution in [2.75, 3.05) is 20.4 Å². The molecule has 0 atom stereocenters. The number of hydrogen-bond donors (Lipinski definition) is 2. The van der Waals surface area contributed by atoms with Gasteiger partial charge in [-0.2, -0.15) is 0 Å². The maximum atomic E-state index is 11.3. The van der Waals surface area contributed by atoms with Crippen LogP contribution in [0, 0.1) is 0 Å². The third-order valence-electron chi connectivity index (χ3n) is 2.02. The molecule has 0 aliphatic heterocycles. The number of nitrogens with one attached hydrogen (secondary N) is 2. The number of hydrogen-bond acceptors (Lipinski definition) is 4. The first-order chi connectivity index (χ1) is 8.72. The van der Waals surface area contributed by atoms with Crippen LogP contribution in [0.3, 0.4) is 0 Å². The van der Waals surface area contributed by atoms with Crippen LogP contribution in [-0.4, -0.2) is 32.4 Å². The molecule has 0 bridgehead atoms. The fourth-order valence-corrected chi connectivity index (χ4v) is 1.14. The Kier molecular flexibility index (Phi) is 6.27. The van der Waals surface area contributed by atoms with Crippen LogP contribution >= 0.6 is 0 Å². The molecule has 18 heavy (non-hydrogen) atoms. The van der Waals surface area contributed by atoms with Crippen molar-refractivity contribution in [1.29, 1.82) is 0 Å². The van der Waals surface area contributed by atoms with Gasteiger partial charge in [-0.3, -0.25) is 4.79 Å². The first-order valence-electron chi connectivity index (χ1n) is 5.42. The monoisotopic (exact) mass is 252 g/mol. The summed E-state index contributed by atoms with van der Waals surface area (Å²) < 4.78 is 9.57. The van der Waals surface area contributed by atoms with Crippen LogP contribution in [0.1, 0.15) is 5.56 Å². The predicted molar refractivity (Wildman–Crippen MR) is 64.6 cm³/mol. The third-order valence-corrected chi connectivity index (χ3v) is 2.02. The van der Waals surface area contributed by atoms with E-state index < -0.39 is 6.09 Å². The minimum atomic E-state index is -0.633. The molecule has 0 saturated carbocycles. The van der Waals surface area contributed by atoms with Gasteiger partial charge in [0.1, 0.15) is 19.9 Å². The first-order valence-corrected chi connectivity index (χ1v) is 5.42.